The van der Waals surface area contributed by atoms with Gasteiger partial charge in [0.1, 0.15) is 11.9 Å². The molecule has 0 aliphatic heterocycles. The van der Waals surface area contributed by atoms with Crippen LogP contribution in [-0.4, -0.2) is 19.3 Å². The summed E-state index contributed by atoms with van der Waals surface area (Å²) in [6, 6.07) is 6.82. The van der Waals surface area contributed by atoms with Gasteiger partial charge < -0.3 is 10.1 Å². The van der Waals surface area contributed by atoms with Crippen LogP contribution in [0.1, 0.15) is 25.0 Å². The van der Waals surface area contributed by atoms with Gasteiger partial charge in [0, 0.05) is 24.8 Å². The molecule has 1 aromatic carbocycles. The average Bonchev–Trinajstić information content (AvgIpc) is 2.35. The Bertz CT molecular complexity index is 401. The highest BCUT2D eigenvalue weighted by molar-refractivity contribution is 5.34. The molecular formula is C13H17FN2O. The summed E-state index contributed by atoms with van der Waals surface area (Å²) < 4.78 is 18.9. The van der Waals surface area contributed by atoms with Crippen molar-refractivity contribution in [2.75, 3.05) is 13.2 Å². The third kappa shape index (κ3) is 4.14. The Kier molecular flexibility index (Phi) is 5.61. The van der Waals surface area contributed by atoms with Crippen LogP contribution in [0.15, 0.2) is 18.2 Å². The van der Waals surface area contributed by atoms with Gasteiger partial charge in [-0.15, -0.1) is 0 Å². The first-order chi connectivity index (χ1) is 8.19. The van der Waals surface area contributed by atoms with E-state index in [4.69, 9.17) is 10.00 Å². The highest BCUT2D eigenvalue weighted by Crippen LogP contribution is 2.11. The summed E-state index contributed by atoms with van der Waals surface area (Å²) in [5.41, 5.74) is 0.592. The van der Waals surface area contributed by atoms with Crippen molar-refractivity contribution in [3.05, 3.63) is 35.1 Å². The van der Waals surface area contributed by atoms with Gasteiger partial charge in [-0.25, -0.2) is 4.39 Å². The predicted molar refractivity (Wildman–Crippen MR) is 63.9 cm³/mol. The first kappa shape index (κ1) is 13.6. The van der Waals surface area contributed by atoms with Crippen LogP contribution in [0.5, 0.6) is 0 Å². The Balaban J connectivity index is 2.55. The van der Waals surface area contributed by atoms with Gasteiger partial charge in [0.25, 0.3) is 0 Å². The molecule has 0 aliphatic rings. The molecule has 0 aromatic heterocycles. The number of nitriles is 1. The lowest BCUT2D eigenvalue weighted by atomic mass is 10.1. The quantitative estimate of drug-likeness (QED) is 0.823. The van der Waals surface area contributed by atoms with E-state index in [0.29, 0.717) is 25.3 Å². The van der Waals surface area contributed by atoms with E-state index in [1.165, 1.54) is 6.07 Å². The molecular weight excluding hydrogens is 219 g/mol. The van der Waals surface area contributed by atoms with Crippen LogP contribution in [0.4, 0.5) is 4.39 Å². The first-order valence-corrected chi connectivity index (χ1v) is 5.67. The molecule has 0 fully saturated rings. The molecule has 0 aliphatic carbocycles. The fourth-order valence-corrected chi connectivity index (χ4v) is 1.44. The zero-order chi connectivity index (χ0) is 12.7. The van der Waals surface area contributed by atoms with Crippen LogP contribution in [0, 0.1) is 17.1 Å². The molecule has 3 nitrogen and oxygen atoms in total. The highest BCUT2D eigenvalue weighted by Gasteiger charge is 2.08. The van der Waals surface area contributed by atoms with E-state index in [2.05, 4.69) is 5.32 Å². The van der Waals surface area contributed by atoms with Crippen molar-refractivity contribution < 1.29 is 9.13 Å². The van der Waals surface area contributed by atoms with E-state index in [9.17, 15) is 4.39 Å². The van der Waals surface area contributed by atoms with E-state index in [1.54, 1.807) is 12.1 Å². The molecule has 0 amide bonds. The molecule has 1 unspecified atom stereocenters. The molecule has 0 heterocycles. The Morgan fingerprint density at radius 1 is 1.53 bits per heavy atom. The van der Waals surface area contributed by atoms with Gasteiger partial charge >= 0.3 is 0 Å². The molecule has 92 valence electrons. The maximum atomic E-state index is 13.7. The van der Waals surface area contributed by atoms with Crippen molar-refractivity contribution in [2.45, 2.75) is 26.4 Å². The number of nitrogens with one attached hydrogen (secondary N) is 1. The monoisotopic (exact) mass is 236 g/mol. The number of benzene rings is 1. The Morgan fingerprint density at radius 2 is 2.29 bits per heavy atom. The van der Waals surface area contributed by atoms with Crippen molar-refractivity contribution in [1.82, 2.24) is 5.32 Å². The Morgan fingerprint density at radius 3 is 2.94 bits per heavy atom. The lowest BCUT2D eigenvalue weighted by Gasteiger charge is -2.14. The van der Waals surface area contributed by atoms with E-state index in [0.717, 1.165) is 0 Å². The summed E-state index contributed by atoms with van der Waals surface area (Å²) in [6.07, 6.45) is 0. The molecule has 1 N–H and O–H groups in total. The van der Waals surface area contributed by atoms with Crippen LogP contribution < -0.4 is 5.32 Å². The predicted octanol–water partition coefficient (Wildman–Crippen LogP) is 2.21. The van der Waals surface area contributed by atoms with Gasteiger partial charge in [-0.05, 0) is 19.9 Å². The van der Waals surface area contributed by atoms with Crippen molar-refractivity contribution in [2.24, 2.45) is 0 Å². The van der Waals surface area contributed by atoms with Crippen LogP contribution in [0.2, 0.25) is 0 Å². The van der Waals surface area contributed by atoms with Gasteiger partial charge in [-0.2, -0.15) is 5.26 Å². The molecule has 0 saturated heterocycles. The standard InChI is InChI=1S/C13H17FN2O/c1-3-17-9-10(2)16-8-12-6-4-5-11(7-15)13(12)14/h4-6,10,16H,3,8-9H2,1-2H3. The summed E-state index contributed by atoms with van der Waals surface area (Å²) in [5.74, 6) is -0.439. The molecule has 4 heteroatoms. The molecule has 17 heavy (non-hydrogen) atoms. The second-order valence-electron chi connectivity index (χ2n) is 3.83. The molecule has 0 bridgehead atoms. The minimum Gasteiger partial charge on any atom is -0.380 e. The number of hydrogen-bond donors (Lipinski definition) is 1. The van der Waals surface area contributed by atoms with E-state index in [1.807, 2.05) is 19.9 Å². The number of ether oxygens (including phenoxy) is 1. The maximum Gasteiger partial charge on any atom is 0.145 e. The third-order valence-corrected chi connectivity index (χ3v) is 2.41. The number of rotatable bonds is 6. The summed E-state index contributed by atoms with van der Waals surface area (Å²) in [5, 5.41) is 11.9. The smallest absolute Gasteiger partial charge is 0.145 e. The normalized spacial score (nSPS) is 12.1. The third-order valence-electron chi connectivity index (χ3n) is 2.41. The highest BCUT2D eigenvalue weighted by atomic mass is 19.1. The number of hydrogen-bond acceptors (Lipinski definition) is 3. The van der Waals surface area contributed by atoms with Gasteiger partial charge in [0.2, 0.25) is 0 Å². The second kappa shape index (κ2) is 7.00. The number of nitrogens with zero attached hydrogens (tertiary/aromatic N) is 1. The second-order valence-corrected chi connectivity index (χ2v) is 3.83. The fourth-order valence-electron chi connectivity index (χ4n) is 1.44. The molecule has 1 rings (SSSR count). The zero-order valence-electron chi connectivity index (χ0n) is 10.2. The maximum absolute atomic E-state index is 13.7. The Labute approximate surface area is 101 Å². The molecule has 0 radical (unpaired) electrons. The zero-order valence-corrected chi connectivity index (χ0v) is 10.2. The van der Waals surface area contributed by atoms with Crippen molar-refractivity contribution in [3.63, 3.8) is 0 Å². The Hall–Kier alpha value is -1.44. The molecule has 0 spiro atoms. The van der Waals surface area contributed by atoms with Gasteiger partial charge in [-0.1, -0.05) is 12.1 Å². The van der Waals surface area contributed by atoms with Crippen molar-refractivity contribution >= 4 is 0 Å². The van der Waals surface area contributed by atoms with E-state index in [-0.39, 0.29) is 11.6 Å². The van der Waals surface area contributed by atoms with E-state index < -0.39 is 5.82 Å². The van der Waals surface area contributed by atoms with E-state index >= 15 is 0 Å². The molecule has 1 atom stereocenters. The largest absolute Gasteiger partial charge is 0.380 e. The lowest BCUT2D eigenvalue weighted by molar-refractivity contribution is 0.127. The minimum absolute atomic E-state index is 0.0850. The SMILES string of the molecule is CCOCC(C)NCc1cccc(C#N)c1F. The minimum atomic E-state index is -0.439. The lowest BCUT2D eigenvalue weighted by Crippen LogP contribution is -2.30. The summed E-state index contributed by atoms with van der Waals surface area (Å²) in [6.45, 7) is 5.57. The van der Waals surface area contributed by atoms with Gasteiger partial charge in [0.15, 0.2) is 0 Å². The topological polar surface area (TPSA) is 45.0 Å². The summed E-state index contributed by atoms with van der Waals surface area (Å²) in [4.78, 5) is 0. The summed E-state index contributed by atoms with van der Waals surface area (Å²) >= 11 is 0. The molecule has 0 saturated carbocycles. The number of halogens is 1. The van der Waals surface area contributed by atoms with Crippen LogP contribution in [0.25, 0.3) is 0 Å². The van der Waals surface area contributed by atoms with Gasteiger partial charge in [-0.3, -0.25) is 0 Å². The van der Waals surface area contributed by atoms with Gasteiger partial charge in [0.05, 0.1) is 12.2 Å². The van der Waals surface area contributed by atoms with Crippen molar-refractivity contribution in [3.8, 4) is 6.07 Å². The van der Waals surface area contributed by atoms with Crippen LogP contribution in [0.3, 0.4) is 0 Å². The molecule has 1 aromatic rings. The summed E-state index contributed by atoms with van der Waals surface area (Å²) in [7, 11) is 0. The van der Waals surface area contributed by atoms with Crippen LogP contribution >= 0.6 is 0 Å². The fraction of sp³-hybridized carbons (Fsp3) is 0.462. The van der Waals surface area contributed by atoms with Crippen molar-refractivity contribution in [1.29, 1.82) is 5.26 Å². The first-order valence-electron chi connectivity index (χ1n) is 5.67. The van der Waals surface area contributed by atoms with Crippen LogP contribution in [-0.2, 0) is 11.3 Å². The average molecular weight is 236 g/mol.